The van der Waals surface area contributed by atoms with Gasteiger partial charge in [0.25, 0.3) is 11.9 Å². The molecular formula is C26H28N6O4. The summed E-state index contributed by atoms with van der Waals surface area (Å²) in [4.78, 5) is 24.6. The van der Waals surface area contributed by atoms with Gasteiger partial charge < -0.3 is 19.2 Å². The molecule has 0 unspecified atom stereocenters. The van der Waals surface area contributed by atoms with Crippen molar-refractivity contribution in [1.29, 1.82) is 0 Å². The smallest absolute Gasteiger partial charge is 0.255 e. The molecule has 1 fully saturated rings. The molecule has 36 heavy (non-hydrogen) atoms. The molecule has 1 aliphatic heterocycles. The number of furan rings is 1. The molecule has 1 saturated heterocycles. The number of carbonyl (C=O) groups excluding carboxylic acids is 1. The Morgan fingerprint density at radius 3 is 2.81 bits per heavy atom. The molecule has 10 nitrogen and oxygen atoms in total. The van der Waals surface area contributed by atoms with Crippen LogP contribution in [0.3, 0.4) is 0 Å². The molecule has 4 heterocycles. The fourth-order valence-corrected chi connectivity index (χ4v) is 4.20. The minimum atomic E-state index is -0.226. The lowest BCUT2D eigenvalue weighted by Crippen LogP contribution is -2.38. The number of amides is 1. The summed E-state index contributed by atoms with van der Waals surface area (Å²) >= 11 is 0. The summed E-state index contributed by atoms with van der Waals surface area (Å²) in [5, 5.41) is 7.47. The van der Waals surface area contributed by atoms with Crippen LogP contribution in [0.1, 0.15) is 16.8 Å². The minimum absolute atomic E-state index is 0.226. The predicted molar refractivity (Wildman–Crippen MR) is 133 cm³/mol. The third-order valence-electron chi connectivity index (χ3n) is 6.02. The lowest BCUT2D eigenvalue weighted by Gasteiger charge is -2.26. The Labute approximate surface area is 208 Å². The van der Waals surface area contributed by atoms with E-state index in [9.17, 15) is 4.79 Å². The number of hydrogen-bond acceptors (Lipinski definition) is 8. The van der Waals surface area contributed by atoms with Crippen LogP contribution in [-0.2, 0) is 4.74 Å². The summed E-state index contributed by atoms with van der Waals surface area (Å²) in [7, 11) is 1.62. The summed E-state index contributed by atoms with van der Waals surface area (Å²) in [5.74, 6) is 1.29. The van der Waals surface area contributed by atoms with E-state index in [0.29, 0.717) is 41.0 Å². The number of hydrogen-bond donors (Lipinski definition) is 1. The average molecular weight is 489 g/mol. The SMILES string of the molecule is COc1ccccc1-c1ccnc(-n2ncc(C(=O)NCCCN3CCOCC3)c2-c2ccco2)n1. The number of rotatable bonds is 9. The van der Waals surface area contributed by atoms with E-state index in [1.807, 2.05) is 24.3 Å². The van der Waals surface area contributed by atoms with Crippen LogP contribution in [0.15, 0.2) is 65.5 Å². The Morgan fingerprint density at radius 2 is 2.00 bits per heavy atom. The number of methoxy groups -OCH3 is 1. The number of para-hydroxylation sites is 1. The van der Waals surface area contributed by atoms with Gasteiger partial charge in [-0.15, -0.1) is 0 Å². The number of ether oxygens (including phenoxy) is 2. The molecule has 1 aromatic carbocycles. The van der Waals surface area contributed by atoms with Crippen LogP contribution in [-0.4, -0.2) is 77.1 Å². The van der Waals surface area contributed by atoms with Gasteiger partial charge in [-0.05, 0) is 43.3 Å². The second-order valence-corrected chi connectivity index (χ2v) is 8.30. The number of nitrogens with one attached hydrogen (secondary N) is 1. The Morgan fingerprint density at radius 1 is 1.14 bits per heavy atom. The first kappa shape index (κ1) is 23.7. The van der Waals surface area contributed by atoms with Gasteiger partial charge in [-0.1, -0.05) is 12.1 Å². The summed E-state index contributed by atoms with van der Waals surface area (Å²) in [5.41, 5.74) is 2.38. The second-order valence-electron chi connectivity index (χ2n) is 8.30. The zero-order chi connectivity index (χ0) is 24.7. The van der Waals surface area contributed by atoms with E-state index in [2.05, 4.69) is 20.3 Å². The molecule has 0 bridgehead atoms. The monoisotopic (exact) mass is 488 g/mol. The van der Waals surface area contributed by atoms with Gasteiger partial charge >= 0.3 is 0 Å². The molecule has 1 N–H and O–H groups in total. The summed E-state index contributed by atoms with van der Waals surface area (Å²) in [6.07, 6.45) is 5.58. The lowest BCUT2D eigenvalue weighted by atomic mass is 10.1. The standard InChI is InChI=1S/C26H28N6O4/c1-34-22-7-3-2-6-19(22)21-9-11-28-26(30-21)32-24(23-8-4-15-36-23)20(18-29-32)25(33)27-10-5-12-31-13-16-35-17-14-31/h2-4,6-9,11,15,18H,5,10,12-14,16-17H2,1H3,(H,27,33). The molecule has 1 aliphatic rings. The number of carbonyl (C=O) groups is 1. The molecule has 4 aromatic rings. The van der Waals surface area contributed by atoms with Gasteiger partial charge in [0, 0.05) is 31.4 Å². The van der Waals surface area contributed by atoms with Crippen molar-refractivity contribution < 1.29 is 18.7 Å². The van der Waals surface area contributed by atoms with Crippen molar-refractivity contribution in [1.82, 2.24) is 30.0 Å². The van der Waals surface area contributed by atoms with Gasteiger partial charge in [0.05, 0.1) is 44.0 Å². The van der Waals surface area contributed by atoms with Crippen molar-refractivity contribution in [2.45, 2.75) is 6.42 Å². The van der Waals surface area contributed by atoms with Crippen molar-refractivity contribution in [3.63, 3.8) is 0 Å². The van der Waals surface area contributed by atoms with E-state index in [1.165, 1.54) is 10.9 Å². The normalized spacial score (nSPS) is 14.0. The highest BCUT2D eigenvalue weighted by Gasteiger charge is 2.23. The highest BCUT2D eigenvalue weighted by molar-refractivity contribution is 5.99. The van der Waals surface area contributed by atoms with E-state index in [4.69, 9.17) is 18.9 Å². The quantitative estimate of drug-likeness (QED) is 0.358. The Hall–Kier alpha value is -4.02. The molecule has 10 heteroatoms. The predicted octanol–water partition coefficient (Wildman–Crippen LogP) is 3.05. The third-order valence-corrected chi connectivity index (χ3v) is 6.02. The molecule has 1 amide bonds. The molecule has 0 atom stereocenters. The first-order chi connectivity index (χ1) is 17.7. The van der Waals surface area contributed by atoms with Crippen molar-refractivity contribution in [3.05, 3.63) is 66.7 Å². The highest BCUT2D eigenvalue weighted by Crippen LogP contribution is 2.30. The van der Waals surface area contributed by atoms with Crippen molar-refractivity contribution in [2.24, 2.45) is 0 Å². The minimum Gasteiger partial charge on any atom is -0.496 e. The third kappa shape index (κ3) is 5.14. The summed E-state index contributed by atoms with van der Waals surface area (Å²) < 4.78 is 18.1. The molecule has 0 radical (unpaired) electrons. The van der Waals surface area contributed by atoms with Crippen LogP contribution in [0.4, 0.5) is 0 Å². The van der Waals surface area contributed by atoms with Crippen LogP contribution < -0.4 is 10.1 Å². The Kier molecular flexibility index (Phi) is 7.34. The van der Waals surface area contributed by atoms with Gasteiger partial charge in [-0.25, -0.2) is 9.97 Å². The van der Waals surface area contributed by atoms with Crippen molar-refractivity contribution in [2.75, 3.05) is 46.5 Å². The average Bonchev–Trinajstić information content (AvgIpc) is 3.62. The van der Waals surface area contributed by atoms with E-state index < -0.39 is 0 Å². The number of benzene rings is 1. The first-order valence-corrected chi connectivity index (χ1v) is 11.9. The molecule has 3 aromatic heterocycles. The molecule has 0 saturated carbocycles. The molecule has 186 valence electrons. The van der Waals surface area contributed by atoms with Crippen LogP contribution in [0.5, 0.6) is 5.75 Å². The van der Waals surface area contributed by atoms with Crippen LogP contribution in [0.25, 0.3) is 28.7 Å². The number of aromatic nitrogens is 4. The van der Waals surface area contributed by atoms with Gasteiger partial charge in [0.2, 0.25) is 0 Å². The van der Waals surface area contributed by atoms with Crippen LogP contribution >= 0.6 is 0 Å². The molecule has 0 aliphatic carbocycles. The maximum Gasteiger partial charge on any atom is 0.255 e. The lowest BCUT2D eigenvalue weighted by molar-refractivity contribution is 0.0374. The number of nitrogens with zero attached hydrogens (tertiary/aromatic N) is 5. The van der Waals surface area contributed by atoms with Crippen LogP contribution in [0.2, 0.25) is 0 Å². The fraction of sp³-hybridized carbons (Fsp3) is 0.308. The topological polar surface area (TPSA) is 108 Å². The van der Waals surface area contributed by atoms with E-state index in [0.717, 1.165) is 44.8 Å². The Bertz CT molecular complexity index is 1300. The molecule has 5 rings (SSSR count). The van der Waals surface area contributed by atoms with Gasteiger partial charge in [-0.2, -0.15) is 9.78 Å². The van der Waals surface area contributed by atoms with Crippen molar-refractivity contribution >= 4 is 5.91 Å². The summed E-state index contributed by atoms with van der Waals surface area (Å²) in [6.45, 7) is 4.85. The van der Waals surface area contributed by atoms with Crippen LogP contribution in [0, 0.1) is 0 Å². The van der Waals surface area contributed by atoms with E-state index in [-0.39, 0.29) is 5.91 Å². The molecule has 0 spiro atoms. The second kappa shape index (κ2) is 11.1. The summed E-state index contributed by atoms with van der Waals surface area (Å²) in [6, 6.07) is 13.0. The Balaban J connectivity index is 1.39. The van der Waals surface area contributed by atoms with Gasteiger partial charge in [0.1, 0.15) is 11.4 Å². The van der Waals surface area contributed by atoms with Gasteiger partial charge in [0.15, 0.2) is 5.76 Å². The van der Waals surface area contributed by atoms with E-state index >= 15 is 0 Å². The largest absolute Gasteiger partial charge is 0.496 e. The fourth-order valence-electron chi connectivity index (χ4n) is 4.20. The maximum atomic E-state index is 13.1. The first-order valence-electron chi connectivity index (χ1n) is 11.9. The zero-order valence-electron chi connectivity index (χ0n) is 20.1. The van der Waals surface area contributed by atoms with Crippen molar-refractivity contribution in [3.8, 4) is 34.4 Å². The number of morpholine rings is 1. The molecular weight excluding hydrogens is 460 g/mol. The van der Waals surface area contributed by atoms with E-state index in [1.54, 1.807) is 37.8 Å². The van der Waals surface area contributed by atoms with Gasteiger partial charge in [-0.3, -0.25) is 9.69 Å². The maximum absolute atomic E-state index is 13.1. The zero-order valence-corrected chi connectivity index (χ0v) is 20.1. The highest BCUT2D eigenvalue weighted by atomic mass is 16.5.